The minimum Gasteiger partial charge on any atom is -0.345 e. The third-order valence-electron chi connectivity index (χ3n) is 3.26. The van der Waals surface area contributed by atoms with Crippen LogP contribution in [0.1, 0.15) is 40.0 Å². The van der Waals surface area contributed by atoms with Crippen molar-refractivity contribution in [1.29, 1.82) is 5.26 Å². The molecule has 0 spiro atoms. The monoisotopic (exact) mass is 342 g/mol. The van der Waals surface area contributed by atoms with Crippen molar-refractivity contribution in [2.24, 2.45) is 0 Å². The fourth-order valence-electron chi connectivity index (χ4n) is 2.01. The molecule has 0 saturated heterocycles. The van der Waals surface area contributed by atoms with E-state index in [0.29, 0.717) is 11.1 Å². The molecule has 1 N–H and O–H groups in total. The molecule has 3 nitrogen and oxygen atoms in total. The van der Waals surface area contributed by atoms with Crippen LogP contribution in [0.15, 0.2) is 46.9 Å². The molecule has 0 aromatic heterocycles. The number of nitrogens with zero attached hydrogens (tertiary/aromatic N) is 1. The fraction of sp³-hybridized carbons (Fsp3) is 0.176. The number of rotatable bonds is 3. The number of nitrogens with one attached hydrogen (secondary N) is 1. The maximum Gasteiger partial charge on any atom is 0.252 e. The van der Waals surface area contributed by atoms with E-state index in [9.17, 15) is 4.79 Å². The number of amides is 1. The Morgan fingerprint density at radius 3 is 2.48 bits per heavy atom. The summed E-state index contributed by atoms with van der Waals surface area (Å²) in [7, 11) is 0. The summed E-state index contributed by atoms with van der Waals surface area (Å²) in [6, 6.07) is 14.8. The number of carbonyl (C=O) groups excluding carboxylic acids is 1. The molecule has 4 heteroatoms. The van der Waals surface area contributed by atoms with Crippen LogP contribution in [0.25, 0.3) is 0 Å². The molecule has 21 heavy (non-hydrogen) atoms. The van der Waals surface area contributed by atoms with Gasteiger partial charge >= 0.3 is 0 Å². The van der Waals surface area contributed by atoms with Gasteiger partial charge in [0.2, 0.25) is 0 Å². The van der Waals surface area contributed by atoms with Crippen molar-refractivity contribution in [1.82, 2.24) is 5.32 Å². The van der Waals surface area contributed by atoms with Crippen molar-refractivity contribution in [3.05, 3.63) is 69.2 Å². The van der Waals surface area contributed by atoms with Gasteiger partial charge in [-0.1, -0.05) is 18.2 Å². The van der Waals surface area contributed by atoms with Crippen LogP contribution >= 0.6 is 15.9 Å². The summed E-state index contributed by atoms with van der Waals surface area (Å²) >= 11 is 3.42. The third-order valence-corrected chi connectivity index (χ3v) is 3.91. The second-order valence-corrected chi connectivity index (χ2v) is 5.77. The minimum absolute atomic E-state index is 0.126. The van der Waals surface area contributed by atoms with Crippen LogP contribution < -0.4 is 5.32 Å². The highest BCUT2D eigenvalue weighted by atomic mass is 79.9. The summed E-state index contributed by atoms with van der Waals surface area (Å²) in [5.41, 5.74) is 3.28. The molecular formula is C17H15BrN2O. The number of halogens is 1. The van der Waals surface area contributed by atoms with E-state index in [0.717, 1.165) is 15.6 Å². The van der Waals surface area contributed by atoms with Gasteiger partial charge in [0, 0.05) is 4.47 Å². The molecule has 1 unspecified atom stereocenters. The summed E-state index contributed by atoms with van der Waals surface area (Å²) in [5, 5.41) is 11.7. The van der Waals surface area contributed by atoms with Gasteiger partial charge in [-0.05, 0) is 65.2 Å². The second kappa shape index (κ2) is 6.55. The highest BCUT2D eigenvalue weighted by Crippen LogP contribution is 2.20. The van der Waals surface area contributed by atoms with Gasteiger partial charge in [0.25, 0.3) is 5.91 Å². The van der Waals surface area contributed by atoms with Crippen LogP contribution in [-0.4, -0.2) is 5.91 Å². The van der Waals surface area contributed by atoms with Crippen molar-refractivity contribution in [2.45, 2.75) is 19.9 Å². The second-order valence-electron chi connectivity index (χ2n) is 4.91. The minimum atomic E-state index is -0.126. The van der Waals surface area contributed by atoms with E-state index < -0.39 is 0 Å². The Morgan fingerprint density at radius 1 is 1.24 bits per heavy atom. The van der Waals surface area contributed by atoms with E-state index in [1.807, 2.05) is 38.1 Å². The molecule has 0 heterocycles. The van der Waals surface area contributed by atoms with Crippen LogP contribution in [0.5, 0.6) is 0 Å². The number of carbonyl (C=O) groups is 1. The number of hydrogen-bond donors (Lipinski definition) is 1. The average Bonchev–Trinajstić information content (AvgIpc) is 2.47. The first-order valence-corrected chi connectivity index (χ1v) is 7.37. The van der Waals surface area contributed by atoms with E-state index in [4.69, 9.17) is 5.26 Å². The number of hydrogen-bond acceptors (Lipinski definition) is 2. The molecule has 106 valence electrons. The average molecular weight is 343 g/mol. The molecule has 0 aliphatic carbocycles. The molecule has 2 aromatic rings. The van der Waals surface area contributed by atoms with E-state index in [1.165, 1.54) is 0 Å². The zero-order valence-corrected chi connectivity index (χ0v) is 13.4. The maximum atomic E-state index is 12.3. The Labute approximate surface area is 132 Å². The fourth-order valence-corrected chi connectivity index (χ4v) is 2.68. The first-order chi connectivity index (χ1) is 10.0. The molecule has 2 aromatic carbocycles. The summed E-state index contributed by atoms with van der Waals surface area (Å²) in [6.45, 7) is 3.90. The highest BCUT2D eigenvalue weighted by Gasteiger charge is 2.14. The summed E-state index contributed by atoms with van der Waals surface area (Å²) < 4.78 is 0.784. The lowest BCUT2D eigenvalue weighted by Gasteiger charge is -2.15. The Hall–Kier alpha value is -2.12. The SMILES string of the molecule is Cc1ccc(C(=O)NC(C)c2ccc(C#N)cc2)c(Br)c1. The van der Waals surface area contributed by atoms with E-state index in [2.05, 4.69) is 27.3 Å². The molecule has 1 amide bonds. The Balaban J connectivity index is 2.13. The summed E-state index contributed by atoms with van der Waals surface area (Å²) in [6.07, 6.45) is 0. The van der Waals surface area contributed by atoms with Crippen molar-refractivity contribution in [3.8, 4) is 6.07 Å². The normalized spacial score (nSPS) is 11.5. The van der Waals surface area contributed by atoms with Gasteiger partial charge < -0.3 is 5.32 Å². The van der Waals surface area contributed by atoms with Crippen LogP contribution in [-0.2, 0) is 0 Å². The van der Waals surface area contributed by atoms with Crippen LogP contribution in [0.2, 0.25) is 0 Å². The lowest BCUT2D eigenvalue weighted by Crippen LogP contribution is -2.26. The van der Waals surface area contributed by atoms with E-state index >= 15 is 0 Å². The maximum absolute atomic E-state index is 12.3. The van der Waals surface area contributed by atoms with Crippen molar-refractivity contribution in [3.63, 3.8) is 0 Å². The van der Waals surface area contributed by atoms with Crippen LogP contribution in [0.3, 0.4) is 0 Å². The predicted molar refractivity (Wildman–Crippen MR) is 85.9 cm³/mol. The molecule has 0 aliphatic heterocycles. The Kier molecular flexibility index (Phi) is 4.77. The van der Waals surface area contributed by atoms with Gasteiger partial charge in [0.15, 0.2) is 0 Å². The van der Waals surface area contributed by atoms with Gasteiger partial charge in [-0.25, -0.2) is 0 Å². The zero-order valence-electron chi connectivity index (χ0n) is 11.9. The standard InChI is InChI=1S/C17H15BrN2O/c1-11-3-8-15(16(18)9-11)17(21)20-12(2)14-6-4-13(10-19)5-7-14/h3-9,12H,1-2H3,(H,20,21). The molecule has 0 aliphatic rings. The lowest BCUT2D eigenvalue weighted by atomic mass is 10.1. The molecule has 1 atom stereocenters. The van der Waals surface area contributed by atoms with Crippen LogP contribution in [0.4, 0.5) is 0 Å². The summed E-state index contributed by atoms with van der Waals surface area (Å²) in [5.74, 6) is -0.126. The zero-order chi connectivity index (χ0) is 15.4. The lowest BCUT2D eigenvalue weighted by molar-refractivity contribution is 0.0939. The van der Waals surface area contributed by atoms with E-state index in [1.54, 1.807) is 18.2 Å². The van der Waals surface area contributed by atoms with Gasteiger partial charge in [-0.3, -0.25) is 4.79 Å². The quantitative estimate of drug-likeness (QED) is 0.911. The third kappa shape index (κ3) is 3.71. The van der Waals surface area contributed by atoms with Crippen molar-refractivity contribution in [2.75, 3.05) is 0 Å². The number of aryl methyl sites for hydroxylation is 1. The molecule has 2 rings (SSSR count). The van der Waals surface area contributed by atoms with Gasteiger partial charge in [-0.2, -0.15) is 5.26 Å². The Bertz CT molecular complexity index is 702. The van der Waals surface area contributed by atoms with Gasteiger partial charge in [-0.15, -0.1) is 0 Å². The highest BCUT2D eigenvalue weighted by molar-refractivity contribution is 9.10. The smallest absolute Gasteiger partial charge is 0.252 e. The topological polar surface area (TPSA) is 52.9 Å². The van der Waals surface area contributed by atoms with Gasteiger partial charge in [0.1, 0.15) is 0 Å². The Morgan fingerprint density at radius 2 is 1.90 bits per heavy atom. The molecule has 0 fully saturated rings. The molecule has 0 radical (unpaired) electrons. The first kappa shape index (κ1) is 15.3. The molecule has 0 saturated carbocycles. The number of benzene rings is 2. The van der Waals surface area contributed by atoms with E-state index in [-0.39, 0.29) is 11.9 Å². The largest absolute Gasteiger partial charge is 0.345 e. The van der Waals surface area contributed by atoms with Crippen LogP contribution in [0, 0.1) is 18.3 Å². The predicted octanol–water partition coefficient (Wildman–Crippen LogP) is 4.12. The molecular weight excluding hydrogens is 328 g/mol. The van der Waals surface area contributed by atoms with Crippen molar-refractivity contribution < 1.29 is 4.79 Å². The summed E-state index contributed by atoms with van der Waals surface area (Å²) in [4.78, 5) is 12.3. The first-order valence-electron chi connectivity index (χ1n) is 6.58. The number of nitriles is 1. The molecule has 0 bridgehead atoms. The van der Waals surface area contributed by atoms with Gasteiger partial charge in [0.05, 0.1) is 23.2 Å². The van der Waals surface area contributed by atoms with Crippen molar-refractivity contribution >= 4 is 21.8 Å².